The summed E-state index contributed by atoms with van der Waals surface area (Å²) in [7, 11) is 1.76. The number of aromatic nitrogens is 2. The van der Waals surface area contributed by atoms with E-state index in [0.29, 0.717) is 12.1 Å². The standard InChI is InChI=1S/C13H12F3N3O/c1-7-9(6-18-19(7)2)5-17-13(20)8-3-10(14)12(16)11(15)4-8/h3-4,6H,5H2,1-2H3,(H,17,20). The summed E-state index contributed by atoms with van der Waals surface area (Å²) in [5, 5.41) is 6.50. The third-order valence-corrected chi connectivity index (χ3v) is 3.02. The molecule has 0 unspecified atom stereocenters. The van der Waals surface area contributed by atoms with Gasteiger partial charge in [-0.05, 0) is 19.1 Å². The highest BCUT2D eigenvalue weighted by Gasteiger charge is 2.15. The van der Waals surface area contributed by atoms with Crippen molar-refractivity contribution in [1.29, 1.82) is 0 Å². The van der Waals surface area contributed by atoms with Crippen LogP contribution in [0.2, 0.25) is 0 Å². The van der Waals surface area contributed by atoms with Crippen molar-refractivity contribution in [2.75, 3.05) is 0 Å². The SMILES string of the molecule is Cc1c(CNC(=O)c2cc(F)c(F)c(F)c2)cnn1C. The molecule has 1 aromatic carbocycles. The van der Waals surface area contributed by atoms with E-state index in [-0.39, 0.29) is 12.1 Å². The Bertz CT molecular complexity index is 644. The van der Waals surface area contributed by atoms with E-state index in [0.717, 1.165) is 11.3 Å². The van der Waals surface area contributed by atoms with Crippen LogP contribution in [0, 0.1) is 24.4 Å². The van der Waals surface area contributed by atoms with Crippen molar-refractivity contribution in [2.24, 2.45) is 7.05 Å². The van der Waals surface area contributed by atoms with Crippen LogP contribution >= 0.6 is 0 Å². The van der Waals surface area contributed by atoms with Gasteiger partial charge in [-0.15, -0.1) is 0 Å². The van der Waals surface area contributed by atoms with Gasteiger partial charge in [0.05, 0.1) is 6.20 Å². The molecule has 0 atom stereocenters. The fourth-order valence-electron chi connectivity index (χ4n) is 1.68. The number of benzene rings is 1. The summed E-state index contributed by atoms with van der Waals surface area (Å²) in [5.41, 5.74) is 1.37. The first-order valence-corrected chi connectivity index (χ1v) is 5.80. The number of nitrogens with zero attached hydrogens (tertiary/aromatic N) is 2. The predicted octanol–water partition coefficient (Wildman–Crippen LogP) is 2.08. The van der Waals surface area contributed by atoms with E-state index in [1.165, 1.54) is 0 Å². The molecule has 0 spiro atoms. The molecule has 4 nitrogen and oxygen atoms in total. The number of carbonyl (C=O) groups excluding carboxylic acids is 1. The van der Waals surface area contributed by atoms with Gasteiger partial charge in [-0.2, -0.15) is 5.10 Å². The van der Waals surface area contributed by atoms with Crippen molar-refractivity contribution >= 4 is 5.91 Å². The van der Waals surface area contributed by atoms with E-state index in [4.69, 9.17) is 0 Å². The fraction of sp³-hybridized carbons (Fsp3) is 0.231. The second-order valence-electron chi connectivity index (χ2n) is 4.32. The van der Waals surface area contributed by atoms with E-state index in [9.17, 15) is 18.0 Å². The number of hydrogen-bond acceptors (Lipinski definition) is 2. The van der Waals surface area contributed by atoms with Crippen LogP contribution in [0.4, 0.5) is 13.2 Å². The zero-order chi connectivity index (χ0) is 14.9. The van der Waals surface area contributed by atoms with E-state index in [1.54, 1.807) is 17.9 Å². The number of amides is 1. The van der Waals surface area contributed by atoms with Crippen molar-refractivity contribution < 1.29 is 18.0 Å². The number of rotatable bonds is 3. The molecular weight excluding hydrogens is 271 g/mol. The largest absolute Gasteiger partial charge is 0.348 e. The van der Waals surface area contributed by atoms with Crippen LogP contribution in [0.5, 0.6) is 0 Å². The smallest absolute Gasteiger partial charge is 0.251 e. The molecule has 2 aromatic rings. The van der Waals surface area contributed by atoms with Crippen molar-refractivity contribution in [3.8, 4) is 0 Å². The second-order valence-corrected chi connectivity index (χ2v) is 4.32. The molecule has 1 N–H and O–H groups in total. The molecular formula is C13H12F3N3O. The number of hydrogen-bond donors (Lipinski definition) is 1. The Balaban J connectivity index is 2.11. The topological polar surface area (TPSA) is 46.9 Å². The van der Waals surface area contributed by atoms with Gasteiger partial charge < -0.3 is 5.32 Å². The van der Waals surface area contributed by atoms with Crippen LogP contribution < -0.4 is 5.32 Å². The van der Waals surface area contributed by atoms with Crippen LogP contribution in [0.1, 0.15) is 21.6 Å². The first-order valence-electron chi connectivity index (χ1n) is 5.80. The van der Waals surface area contributed by atoms with Gasteiger partial charge in [-0.1, -0.05) is 0 Å². The lowest BCUT2D eigenvalue weighted by atomic mass is 10.2. The van der Waals surface area contributed by atoms with Crippen molar-refractivity contribution in [3.63, 3.8) is 0 Å². The first kappa shape index (κ1) is 14.1. The van der Waals surface area contributed by atoms with Crippen molar-refractivity contribution in [3.05, 3.63) is 52.6 Å². The van der Waals surface area contributed by atoms with E-state index in [2.05, 4.69) is 10.4 Å². The minimum Gasteiger partial charge on any atom is -0.348 e. The van der Waals surface area contributed by atoms with Gasteiger partial charge in [0.1, 0.15) is 0 Å². The van der Waals surface area contributed by atoms with E-state index < -0.39 is 23.4 Å². The minimum atomic E-state index is -1.59. The quantitative estimate of drug-likeness (QED) is 0.877. The molecule has 1 aromatic heterocycles. The summed E-state index contributed by atoms with van der Waals surface area (Å²) in [6, 6.07) is 1.31. The molecule has 0 saturated heterocycles. The van der Waals surface area contributed by atoms with E-state index >= 15 is 0 Å². The number of nitrogens with one attached hydrogen (secondary N) is 1. The molecule has 0 fully saturated rings. The Hall–Kier alpha value is -2.31. The van der Waals surface area contributed by atoms with Gasteiger partial charge in [-0.3, -0.25) is 9.48 Å². The highest BCUT2D eigenvalue weighted by atomic mass is 19.2. The third-order valence-electron chi connectivity index (χ3n) is 3.02. The Kier molecular flexibility index (Phi) is 3.78. The summed E-state index contributed by atoms with van der Waals surface area (Å²) in [4.78, 5) is 11.8. The number of halogens is 3. The Morgan fingerprint density at radius 1 is 1.30 bits per heavy atom. The summed E-state index contributed by atoms with van der Waals surface area (Å²) >= 11 is 0. The van der Waals surface area contributed by atoms with Gasteiger partial charge in [0.2, 0.25) is 0 Å². The molecule has 1 heterocycles. The average Bonchev–Trinajstić information content (AvgIpc) is 2.73. The zero-order valence-corrected chi connectivity index (χ0v) is 10.9. The van der Waals surface area contributed by atoms with Gasteiger partial charge in [0.15, 0.2) is 17.5 Å². The molecule has 106 valence electrons. The van der Waals surface area contributed by atoms with Crippen LogP contribution in [0.25, 0.3) is 0 Å². The molecule has 0 saturated carbocycles. The Labute approximate surface area is 113 Å². The Morgan fingerprint density at radius 3 is 2.40 bits per heavy atom. The van der Waals surface area contributed by atoms with Crippen LogP contribution in [0.15, 0.2) is 18.3 Å². The monoisotopic (exact) mass is 283 g/mol. The normalized spacial score (nSPS) is 10.7. The summed E-state index contributed by atoms with van der Waals surface area (Å²) in [6.07, 6.45) is 1.58. The van der Waals surface area contributed by atoms with Gasteiger partial charge in [-0.25, -0.2) is 13.2 Å². The average molecular weight is 283 g/mol. The molecule has 2 rings (SSSR count). The zero-order valence-electron chi connectivity index (χ0n) is 10.9. The maximum atomic E-state index is 13.0. The van der Waals surface area contributed by atoms with Crippen LogP contribution in [-0.4, -0.2) is 15.7 Å². The number of aryl methyl sites for hydroxylation is 1. The summed E-state index contributed by atoms with van der Waals surface area (Å²) in [5.74, 6) is -5.07. The molecule has 0 aliphatic carbocycles. The summed E-state index contributed by atoms with van der Waals surface area (Å²) in [6.45, 7) is 1.99. The lowest BCUT2D eigenvalue weighted by Crippen LogP contribution is -2.23. The maximum Gasteiger partial charge on any atom is 0.251 e. The molecule has 0 radical (unpaired) electrons. The fourth-order valence-corrected chi connectivity index (χ4v) is 1.68. The molecule has 7 heteroatoms. The summed E-state index contributed by atoms with van der Waals surface area (Å²) < 4.78 is 40.5. The highest BCUT2D eigenvalue weighted by Crippen LogP contribution is 2.14. The van der Waals surface area contributed by atoms with Crippen LogP contribution in [-0.2, 0) is 13.6 Å². The molecule has 0 aliphatic rings. The van der Waals surface area contributed by atoms with Gasteiger partial charge >= 0.3 is 0 Å². The van der Waals surface area contributed by atoms with Crippen LogP contribution in [0.3, 0.4) is 0 Å². The van der Waals surface area contributed by atoms with E-state index in [1.807, 2.05) is 6.92 Å². The van der Waals surface area contributed by atoms with Crippen molar-refractivity contribution in [1.82, 2.24) is 15.1 Å². The second kappa shape index (κ2) is 5.36. The highest BCUT2D eigenvalue weighted by molar-refractivity contribution is 5.94. The number of carbonyl (C=O) groups is 1. The van der Waals surface area contributed by atoms with Gasteiger partial charge in [0, 0.05) is 30.4 Å². The molecule has 0 aliphatic heterocycles. The molecule has 0 bridgehead atoms. The third kappa shape index (κ3) is 2.66. The molecule has 1 amide bonds. The lowest BCUT2D eigenvalue weighted by Gasteiger charge is -2.06. The minimum absolute atomic E-state index is 0.166. The molecule has 20 heavy (non-hydrogen) atoms. The first-order chi connectivity index (χ1) is 9.40. The van der Waals surface area contributed by atoms with Gasteiger partial charge in [0.25, 0.3) is 5.91 Å². The predicted molar refractivity (Wildman–Crippen MR) is 65.4 cm³/mol. The lowest BCUT2D eigenvalue weighted by molar-refractivity contribution is 0.0949. The maximum absolute atomic E-state index is 13.0. The Morgan fingerprint density at radius 2 is 1.90 bits per heavy atom. The van der Waals surface area contributed by atoms with Crippen molar-refractivity contribution in [2.45, 2.75) is 13.5 Å².